The van der Waals surface area contributed by atoms with Crippen molar-refractivity contribution in [3.63, 3.8) is 0 Å². The third-order valence-corrected chi connectivity index (χ3v) is 2.37. The molecule has 2 heterocycles. The third kappa shape index (κ3) is 1.10. The van der Waals surface area contributed by atoms with E-state index < -0.39 is 0 Å². The van der Waals surface area contributed by atoms with Gasteiger partial charge in [-0.3, -0.25) is 0 Å². The van der Waals surface area contributed by atoms with Crippen LogP contribution in [0.25, 0.3) is 10.6 Å². The summed E-state index contributed by atoms with van der Waals surface area (Å²) in [7, 11) is 1.60. The monoisotopic (exact) mass is 181 g/mol. The Hall–Kier alpha value is -1.29. The number of thiophene rings is 1. The van der Waals surface area contributed by atoms with Crippen molar-refractivity contribution in [2.75, 3.05) is 7.11 Å². The summed E-state index contributed by atoms with van der Waals surface area (Å²) in [4.78, 5) is 1.03. The minimum Gasteiger partial charge on any atom is -0.491 e. The molecule has 0 spiro atoms. The summed E-state index contributed by atoms with van der Waals surface area (Å²) >= 11 is 1.60. The SMILES string of the molecule is COc1cnoc1-c1cccs1. The Morgan fingerprint density at radius 2 is 2.50 bits per heavy atom. The summed E-state index contributed by atoms with van der Waals surface area (Å²) in [5.74, 6) is 1.38. The van der Waals surface area contributed by atoms with Crippen molar-refractivity contribution in [3.05, 3.63) is 23.7 Å². The smallest absolute Gasteiger partial charge is 0.218 e. The van der Waals surface area contributed by atoms with Gasteiger partial charge in [-0.25, -0.2) is 0 Å². The molecule has 2 aromatic heterocycles. The maximum atomic E-state index is 5.06. The van der Waals surface area contributed by atoms with Crippen LogP contribution in [0.2, 0.25) is 0 Å². The molecule has 0 radical (unpaired) electrons. The zero-order valence-corrected chi connectivity index (χ0v) is 7.30. The summed E-state index contributed by atoms with van der Waals surface area (Å²) in [5, 5.41) is 5.64. The zero-order valence-electron chi connectivity index (χ0n) is 6.48. The van der Waals surface area contributed by atoms with Gasteiger partial charge in [0.1, 0.15) is 6.20 Å². The summed E-state index contributed by atoms with van der Waals surface area (Å²) in [5.41, 5.74) is 0. The van der Waals surface area contributed by atoms with Crippen LogP contribution in [0.5, 0.6) is 5.75 Å². The number of hydrogen-bond donors (Lipinski definition) is 0. The highest BCUT2D eigenvalue weighted by atomic mass is 32.1. The summed E-state index contributed by atoms with van der Waals surface area (Å²) in [6.07, 6.45) is 1.56. The largest absolute Gasteiger partial charge is 0.491 e. The number of nitrogens with zero attached hydrogens (tertiary/aromatic N) is 1. The molecule has 3 nitrogen and oxygen atoms in total. The van der Waals surface area contributed by atoms with Crippen molar-refractivity contribution >= 4 is 11.3 Å². The van der Waals surface area contributed by atoms with Gasteiger partial charge in [0.15, 0.2) is 5.75 Å². The lowest BCUT2D eigenvalue weighted by atomic mass is 10.3. The minimum absolute atomic E-state index is 0.678. The first-order chi connectivity index (χ1) is 5.92. The highest BCUT2D eigenvalue weighted by Gasteiger charge is 2.10. The van der Waals surface area contributed by atoms with Gasteiger partial charge >= 0.3 is 0 Å². The van der Waals surface area contributed by atoms with E-state index in [2.05, 4.69) is 5.16 Å². The molecule has 2 rings (SSSR count). The molecular weight excluding hydrogens is 174 g/mol. The van der Waals surface area contributed by atoms with E-state index in [9.17, 15) is 0 Å². The number of methoxy groups -OCH3 is 1. The lowest BCUT2D eigenvalue weighted by Crippen LogP contribution is -1.80. The van der Waals surface area contributed by atoms with Crippen molar-refractivity contribution in [3.8, 4) is 16.4 Å². The molecule has 0 unspecified atom stereocenters. The molecule has 4 heteroatoms. The maximum absolute atomic E-state index is 5.06. The van der Waals surface area contributed by atoms with Gasteiger partial charge in [-0.05, 0) is 11.4 Å². The van der Waals surface area contributed by atoms with Gasteiger partial charge in [0.2, 0.25) is 5.76 Å². The average Bonchev–Trinajstić information content (AvgIpc) is 2.74. The van der Waals surface area contributed by atoms with Gasteiger partial charge in [-0.2, -0.15) is 0 Å². The second-order valence-corrected chi connectivity index (χ2v) is 3.15. The van der Waals surface area contributed by atoms with Crippen LogP contribution >= 0.6 is 11.3 Å². The first-order valence-corrected chi connectivity index (χ1v) is 4.32. The van der Waals surface area contributed by atoms with Crippen molar-refractivity contribution in [2.24, 2.45) is 0 Å². The van der Waals surface area contributed by atoms with Crippen molar-refractivity contribution in [2.45, 2.75) is 0 Å². The van der Waals surface area contributed by atoms with Gasteiger partial charge in [-0.15, -0.1) is 11.3 Å². The number of ether oxygens (including phenoxy) is 1. The molecule has 0 atom stereocenters. The molecule has 0 bridgehead atoms. The molecule has 62 valence electrons. The van der Waals surface area contributed by atoms with Gasteiger partial charge in [-0.1, -0.05) is 11.2 Å². The molecule has 0 aliphatic rings. The van der Waals surface area contributed by atoms with E-state index in [0.29, 0.717) is 11.5 Å². The minimum atomic E-state index is 0.678. The maximum Gasteiger partial charge on any atom is 0.218 e. The fourth-order valence-corrected chi connectivity index (χ4v) is 1.66. The third-order valence-electron chi connectivity index (χ3n) is 1.50. The van der Waals surface area contributed by atoms with Crippen LogP contribution in [0, 0.1) is 0 Å². The average molecular weight is 181 g/mol. The Morgan fingerprint density at radius 3 is 3.17 bits per heavy atom. The fourth-order valence-electron chi connectivity index (χ4n) is 0.950. The molecule has 0 N–H and O–H groups in total. The quantitative estimate of drug-likeness (QED) is 0.713. The van der Waals surface area contributed by atoms with Crippen LogP contribution in [0.3, 0.4) is 0 Å². The van der Waals surface area contributed by atoms with Crippen LogP contribution in [-0.2, 0) is 0 Å². The van der Waals surface area contributed by atoms with E-state index >= 15 is 0 Å². The Balaban J connectivity index is 2.46. The number of rotatable bonds is 2. The summed E-state index contributed by atoms with van der Waals surface area (Å²) in [6, 6.07) is 3.93. The Bertz CT molecular complexity index is 353. The molecule has 0 aliphatic carbocycles. The van der Waals surface area contributed by atoms with Gasteiger partial charge in [0.05, 0.1) is 12.0 Å². The van der Waals surface area contributed by atoms with E-state index in [-0.39, 0.29) is 0 Å². The molecule has 12 heavy (non-hydrogen) atoms. The van der Waals surface area contributed by atoms with E-state index in [1.54, 1.807) is 24.6 Å². The van der Waals surface area contributed by atoms with Crippen molar-refractivity contribution in [1.29, 1.82) is 0 Å². The van der Waals surface area contributed by atoms with E-state index in [1.807, 2.05) is 17.5 Å². The Labute approximate surface area is 73.6 Å². The second kappa shape index (κ2) is 2.98. The second-order valence-electron chi connectivity index (χ2n) is 2.20. The van der Waals surface area contributed by atoms with Crippen molar-refractivity contribution in [1.82, 2.24) is 5.16 Å². The molecule has 0 saturated heterocycles. The highest BCUT2D eigenvalue weighted by Crippen LogP contribution is 2.32. The van der Waals surface area contributed by atoms with Gasteiger partial charge in [0.25, 0.3) is 0 Å². The van der Waals surface area contributed by atoms with Crippen LogP contribution in [0.15, 0.2) is 28.2 Å². The molecular formula is C8H7NO2S. The topological polar surface area (TPSA) is 35.3 Å². The first kappa shape index (κ1) is 7.36. The molecule has 2 aromatic rings. The first-order valence-electron chi connectivity index (χ1n) is 3.44. The van der Waals surface area contributed by atoms with E-state index in [0.717, 1.165) is 4.88 Å². The molecule has 0 aliphatic heterocycles. The van der Waals surface area contributed by atoms with E-state index in [1.165, 1.54) is 0 Å². The lowest BCUT2D eigenvalue weighted by Gasteiger charge is -1.94. The number of aromatic nitrogens is 1. The summed E-state index contributed by atoms with van der Waals surface area (Å²) in [6.45, 7) is 0. The van der Waals surface area contributed by atoms with Crippen LogP contribution < -0.4 is 4.74 Å². The predicted octanol–water partition coefficient (Wildman–Crippen LogP) is 2.41. The number of hydrogen-bond acceptors (Lipinski definition) is 4. The van der Waals surface area contributed by atoms with Crippen LogP contribution in [0.4, 0.5) is 0 Å². The van der Waals surface area contributed by atoms with Crippen LogP contribution in [0.1, 0.15) is 0 Å². The lowest BCUT2D eigenvalue weighted by molar-refractivity contribution is 0.401. The van der Waals surface area contributed by atoms with Gasteiger partial charge < -0.3 is 9.26 Å². The highest BCUT2D eigenvalue weighted by molar-refractivity contribution is 7.13. The molecule has 0 aromatic carbocycles. The normalized spacial score (nSPS) is 10.1. The molecule has 0 saturated carbocycles. The Morgan fingerprint density at radius 1 is 1.58 bits per heavy atom. The van der Waals surface area contributed by atoms with Crippen LogP contribution in [-0.4, -0.2) is 12.3 Å². The Kier molecular flexibility index (Phi) is 1.83. The van der Waals surface area contributed by atoms with E-state index in [4.69, 9.17) is 9.26 Å². The van der Waals surface area contributed by atoms with Gasteiger partial charge in [0, 0.05) is 0 Å². The standard InChI is InChI=1S/C8H7NO2S/c1-10-6-5-9-11-8(6)7-3-2-4-12-7/h2-5H,1H3. The molecule has 0 amide bonds. The predicted molar refractivity (Wildman–Crippen MR) is 46.4 cm³/mol. The summed E-state index contributed by atoms with van der Waals surface area (Å²) < 4.78 is 10.1. The van der Waals surface area contributed by atoms with Crippen molar-refractivity contribution < 1.29 is 9.26 Å². The molecule has 0 fully saturated rings. The fraction of sp³-hybridized carbons (Fsp3) is 0.125. The zero-order chi connectivity index (χ0) is 8.39.